The van der Waals surface area contributed by atoms with Crippen molar-refractivity contribution >= 4 is 28.9 Å². The number of fused-ring (bicyclic) bond motifs is 3. The number of benzene rings is 2. The van der Waals surface area contributed by atoms with Crippen LogP contribution in [0.3, 0.4) is 0 Å². The van der Waals surface area contributed by atoms with Crippen molar-refractivity contribution in [2.45, 2.75) is 105 Å². The lowest BCUT2D eigenvalue weighted by molar-refractivity contribution is -0.164. The SMILES string of the molecule is COc1cc(OC2C(C)(C)C(NC(=O)c3cnc(N4CCC5(CC4)CC(Oc4ccc(C6=NC(Cc7ncco7)c7nnc(C)n7-c7sc(C)c(C)c76)cc4)C5)nc3)C2(C)C)ccc1C#N. The molecule has 0 radical (unpaired) electrons. The van der Waals surface area contributed by atoms with Crippen LogP contribution in [0, 0.1) is 48.3 Å². The number of carbonyl (C=O) groups excluding carboxylic acids is 1. The molecule has 4 aromatic heterocycles. The lowest BCUT2D eigenvalue weighted by Gasteiger charge is -2.63. The van der Waals surface area contributed by atoms with E-state index in [0.717, 1.165) is 78.0 Å². The second kappa shape index (κ2) is 16.4. The first-order chi connectivity index (χ1) is 31.7. The highest BCUT2D eigenvalue weighted by Gasteiger charge is 2.64. The third kappa shape index (κ3) is 7.46. The smallest absolute Gasteiger partial charge is 0.254 e. The number of aliphatic imine (C=N–C) groups is 1. The molecule has 15 nitrogen and oxygen atoms in total. The fourth-order valence-corrected chi connectivity index (χ4v) is 12.3. The Labute approximate surface area is 388 Å². The lowest BCUT2D eigenvalue weighted by atomic mass is 9.49. The molecular weight excluding hydrogens is 853 g/mol. The van der Waals surface area contributed by atoms with Crippen LogP contribution in [0.5, 0.6) is 17.2 Å². The molecule has 1 spiro atoms. The van der Waals surface area contributed by atoms with Gasteiger partial charge in [0.25, 0.3) is 5.91 Å². The average molecular weight is 907 g/mol. The van der Waals surface area contributed by atoms with Crippen molar-refractivity contribution < 1.29 is 23.4 Å². The summed E-state index contributed by atoms with van der Waals surface area (Å²) in [4.78, 5) is 36.1. The minimum atomic E-state index is -0.381. The van der Waals surface area contributed by atoms with Crippen LogP contribution >= 0.6 is 11.3 Å². The first-order valence-corrected chi connectivity index (χ1v) is 23.4. The van der Waals surface area contributed by atoms with Gasteiger partial charge in [-0.15, -0.1) is 21.5 Å². The molecule has 1 N–H and O–H groups in total. The van der Waals surface area contributed by atoms with Crippen LogP contribution in [0.2, 0.25) is 0 Å². The Morgan fingerprint density at radius 2 is 1.67 bits per heavy atom. The van der Waals surface area contributed by atoms with Crippen LogP contribution in [0.25, 0.3) is 5.00 Å². The number of nitrogens with zero attached hydrogens (tertiary/aromatic N) is 9. The van der Waals surface area contributed by atoms with Gasteiger partial charge in [-0.25, -0.2) is 15.0 Å². The maximum atomic E-state index is 13.6. The number of aromatic nitrogens is 6. The predicted octanol–water partition coefficient (Wildman–Crippen LogP) is 8.49. The molecular formula is C50H54N10O5S. The number of methoxy groups -OCH3 is 1. The van der Waals surface area contributed by atoms with E-state index >= 15 is 0 Å². The monoisotopic (exact) mass is 906 g/mol. The summed E-state index contributed by atoms with van der Waals surface area (Å²) < 4.78 is 26.2. The molecule has 1 unspecified atom stereocenters. The number of nitriles is 1. The summed E-state index contributed by atoms with van der Waals surface area (Å²) in [6.45, 7) is 16.4. The summed E-state index contributed by atoms with van der Waals surface area (Å²) >= 11 is 1.74. The van der Waals surface area contributed by atoms with Crippen LogP contribution in [-0.4, -0.2) is 79.8 Å². The maximum absolute atomic E-state index is 13.6. The molecule has 2 saturated carbocycles. The van der Waals surface area contributed by atoms with Gasteiger partial charge >= 0.3 is 0 Å². The molecule has 10 rings (SSSR count). The standard InChI is InChI=1S/C50H54N10O5S/c1-28-29(2)66-44-40(28)41(55-37(22-39-52-17-20-63-39)42-58-57-30(3)60(42)44)31-9-12-34(13-10-31)64-36-23-50(24-36)15-18-59(19-16-50)47-53-26-33(27-54-47)43(61)56-45-48(4,5)46(49(45,6)7)65-35-14-11-32(25-51)38(21-35)62-8/h9-14,17,20-21,26-27,36-37,45-46H,15-16,18-19,22-24H2,1-8H3,(H,56,61). The van der Waals surface area contributed by atoms with E-state index in [1.165, 1.54) is 17.6 Å². The Hall–Kier alpha value is -6.60. The number of aryl methyl sites for hydroxylation is 2. The molecule has 6 heterocycles. The van der Waals surface area contributed by atoms with Gasteiger partial charge in [0, 0.05) is 64.4 Å². The van der Waals surface area contributed by atoms with Crippen molar-refractivity contribution in [3.05, 3.63) is 118 Å². The Bertz CT molecular complexity index is 2840. The van der Waals surface area contributed by atoms with Crippen molar-refractivity contribution in [2.24, 2.45) is 21.2 Å². The van der Waals surface area contributed by atoms with Crippen molar-refractivity contribution in [3.63, 3.8) is 0 Å². The minimum Gasteiger partial charge on any atom is -0.495 e. The predicted molar refractivity (Wildman–Crippen MR) is 249 cm³/mol. The van der Waals surface area contributed by atoms with E-state index in [0.29, 0.717) is 40.9 Å². The molecule has 66 heavy (non-hydrogen) atoms. The van der Waals surface area contributed by atoms with Gasteiger partial charge in [-0.1, -0.05) is 27.7 Å². The number of ether oxygens (including phenoxy) is 3. The third-order valence-corrected chi connectivity index (χ3v) is 15.7. The van der Waals surface area contributed by atoms with Crippen molar-refractivity contribution in [3.8, 4) is 28.3 Å². The summed E-state index contributed by atoms with van der Waals surface area (Å²) in [5.41, 5.74) is 4.58. The van der Waals surface area contributed by atoms with Crippen LogP contribution in [0.4, 0.5) is 5.95 Å². The number of thiophene rings is 1. The fraction of sp³-hybridized carbons (Fsp3) is 0.440. The number of oxazole rings is 1. The highest BCUT2D eigenvalue weighted by Crippen LogP contribution is 2.56. The van der Waals surface area contributed by atoms with E-state index < -0.39 is 0 Å². The van der Waals surface area contributed by atoms with E-state index in [1.54, 1.807) is 54.4 Å². The zero-order chi connectivity index (χ0) is 46.1. The molecule has 1 amide bonds. The molecule has 3 fully saturated rings. The van der Waals surface area contributed by atoms with Gasteiger partial charge in [-0.3, -0.25) is 14.4 Å². The molecule has 340 valence electrons. The Balaban J connectivity index is 0.736. The number of piperidine rings is 1. The Kier molecular flexibility index (Phi) is 10.7. The van der Waals surface area contributed by atoms with Crippen molar-refractivity contribution in [1.29, 1.82) is 5.26 Å². The quantitative estimate of drug-likeness (QED) is 0.131. The zero-order valence-electron chi connectivity index (χ0n) is 38.6. The summed E-state index contributed by atoms with van der Waals surface area (Å²) in [5, 5.41) is 22.8. The van der Waals surface area contributed by atoms with E-state index in [2.05, 4.69) is 112 Å². The Morgan fingerprint density at radius 3 is 2.33 bits per heavy atom. The molecule has 2 aromatic carbocycles. The van der Waals surface area contributed by atoms with Gasteiger partial charge in [0.2, 0.25) is 5.95 Å². The minimum absolute atomic E-state index is 0.157. The normalized spacial score (nSPS) is 21.3. The summed E-state index contributed by atoms with van der Waals surface area (Å²) in [7, 11) is 1.53. The molecule has 4 aliphatic rings. The van der Waals surface area contributed by atoms with Gasteiger partial charge in [-0.05, 0) is 93.8 Å². The molecule has 16 heteroatoms. The molecule has 1 saturated heterocycles. The average Bonchev–Trinajstić information content (AvgIpc) is 4.02. The Morgan fingerprint density at radius 1 is 0.955 bits per heavy atom. The van der Waals surface area contributed by atoms with Gasteiger partial charge in [0.1, 0.15) is 52.6 Å². The number of carbonyl (C=O) groups is 1. The van der Waals surface area contributed by atoms with Crippen LogP contribution < -0.4 is 24.4 Å². The van der Waals surface area contributed by atoms with Crippen LogP contribution in [0.1, 0.15) is 114 Å². The summed E-state index contributed by atoms with van der Waals surface area (Å²) in [5.74, 6) is 4.57. The van der Waals surface area contributed by atoms with Gasteiger partial charge in [0.15, 0.2) is 11.7 Å². The largest absolute Gasteiger partial charge is 0.495 e. The third-order valence-electron chi connectivity index (χ3n) is 14.5. The first kappa shape index (κ1) is 43.3. The zero-order valence-corrected chi connectivity index (χ0v) is 39.4. The summed E-state index contributed by atoms with van der Waals surface area (Å²) in [6, 6.07) is 15.2. The second-order valence-corrected chi connectivity index (χ2v) is 20.7. The number of anilines is 1. The maximum Gasteiger partial charge on any atom is 0.254 e. The molecule has 1 atom stereocenters. The van der Waals surface area contributed by atoms with E-state index in [1.807, 2.05) is 6.92 Å². The number of nitrogens with one attached hydrogen (secondary N) is 1. The number of hydrogen-bond donors (Lipinski definition) is 1. The van der Waals surface area contributed by atoms with Crippen LogP contribution in [0.15, 0.2) is 76.7 Å². The summed E-state index contributed by atoms with van der Waals surface area (Å²) in [6.07, 6.45) is 11.0. The van der Waals surface area contributed by atoms with Gasteiger partial charge < -0.3 is 28.8 Å². The van der Waals surface area contributed by atoms with Gasteiger partial charge in [0.05, 0.1) is 42.7 Å². The number of amides is 1. The van der Waals surface area contributed by atoms with Gasteiger partial charge in [-0.2, -0.15) is 5.26 Å². The molecule has 2 aliphatic heterocycles. The van der Waals surface area contributed by atoms with E-state index in [-0.39, 0.29) is 46.4 Å². The van der Waals surface area contributed by atoms with Crippen molar-refractivity contribution in [2.75, 3.05) is 25.1 Å². The van der Waals surface area contributed by atoms with Crippen LogP contribution in [-0.2, 0) is 6.42 Å². The highest BCUT2D eigenvalue weighted by molar-refractivity contribution is 7.15. The first-order valence-electron chi connectivity index (χ1n) is 22.6. The molecule has 6 aromatic rings. The second-order valence-electron chi connectivity index (χ2n) is 19.5. The molecule has 0 bridgehead atoms. The van der Waals surface area contributed by atoms with E-state index in [9.17, 15) is 10.1 Å². The lowest BCUT2D eigenvalue weighted by Crippen LogP contribution is -2.74. The topological polar surface area (TPSA) is 179 Å². The number of hydrogen-bond acceptors (Lipinski definition) is 14. The van der Waals surface area contributed by atoms with Crippen molar-refractivity contribution in [1.82, 2.24) is 35.0 Å². The molecule has 2 aliphatic carbocycles. The fourth-order valence-electron chi connectivity index (χ4n) is 11.1. The highest BCUT2D eigenvalue weighted by atomic mass is 32.1. The van der Waals surface area contributed by atoms with E-state index in [4.69, 9.17) is 23.6 Å². The number of rotatable bonds is 11.